The highest BCUT2D eigenvalue weighted by molar-refractivity contribution is 5.78. The lowest BCUT2D eigenvalue weighted by Crippen LogP contribution is -2.20. The Kier molecular flexibility index (Phi) is 9.06. The Morgan fingerprint density at radius 1 is 1.00 bits per heavy atom. The van der Waals surface area contributed by atoms with Gasteiger partial charge < -0.3 is 0 Å². The maximum atomic E-state index is 11.1. The first-order chi connectivity index (χ1) is 8.51. The number of nitro groups is 1. The van der Waals surface area contributed by atoms with Crippen LogP contribution in [0.2, 0.25) is 0 Å². The van der Waals surface area contributed by atoms with Crippen molar-refractivity contribution >= 4 is 11.6 Å². The smallest absolute Gasteiger partial charge is 0.213 e. The van der Waals surface area contributed by atoms with E-state index in [1.165, 1.54) is 0 Å². The number of unbranched alkanes of at least 4 members (excludes halogenated alkanes) is 1. The van der Waals surface area contributed by atoms with Crippen LogP contribution in [0.15, 0.2) is 0 Å². The second-order valence-corrected chi connectivity index (χ2v) is 4.51. The molecule has 0 unspecified atom stereocenters. The van der Waals surface area contributed by atoms with Crippen molar-refractivity contribution in [2.24, 2.45) is 0 Å². The van der Waals surface area contributed by atoms with Crippen molar-refractivity contribution in [3.05, 3.63) is 10.1 Å². The monoisotopic (exact) mass is 257 g/mol. The van der Waals surface area contributed by atoms with Gasteiger partial charge in [0.15, 0.2) is 0 Å². The van der Waals surface area contributed by atoms with Crippen molar-refractivity contribution in [1.82, 2.24) is 0 Å². The van der Waals surface area contributed by atoms with Crippen LogP contribution in [0.1, 0.15) is 65.2 Å². The van der Waals surface area contributed by atoms with E-state index in [9.17, 15) is 19.7 Å². The molecule has 0 aliphatic carbocycles. The zero-order chi connectivity index (χ0) is 14.0. The van der Waals surface area contributed by atoms with Crippen LogP contribution in [0.5, 0.6) is 0 Å². The number of Topliss-reactive ketones (excluding diaryl/α,β-unsaturated/α-hetero) is 2. The molecule has 0 saturated heterocycles. The average molecular weight is 257 g/mol. The van der Waals surface area contributed by atoms with Gasteiger partial charge in [-0.1, -0.05) is 13.8 Å². The van der Waals surface area contributed by atoms with E-state index in [1.54, 1.807) is 6.92 Å². The summed E-state index contributed by atoms with van der Waals surface area (Å²) in [6.07, 6.45) is 3.93. The van der Waals surface area contributed by atoms with Crippen LogP contribution >= 0.6 is 0 Å². The molecule has 0 aliphatic rings. The molecule has 0 bridgehead atoms. The van der Waals surface area contributed by atoms with Gasteiger partial charge in [0.2, 0.25) is 6.04 Å². The molecule has 0 aromatic rings. The van der Waals surface area contributed by atoms with Gasteiger partial charge in [-0.25, -0.2) is 0 Å². The first kappa shape index (κ1) is 16.7. The molecule has 1 atom stereocenters. The van der Waals surface area contributed by atoms with Crippen LogP contribution in [0, 0.1) is 10.1 Å². The maximum Gasteiger partial charge on any atom is 0.213 e. The first-order valence-corrected chi connectivity index (χ1v) is 6.68. The lowest BCUT2D eigenvalue weighted by molar-refractivity contribution is -0.524. The fourth-order valence-corrected chi connectivity index (χ4v) is 1.74. The normalized spacial score (nSPS) is 12.1. The predicted molar refractivity (Wildman–Crippen MR) is 69.1 cm³/mol. The molecule has 0 aromatic heterocycles. The Labute approximate surface area is 108 Å². The second kappa shape index (κ2) is 9.74. The summed E-state index contributed by atoms with van der Waals surface area (Å²) in [4.78, 5) is 32.7. The standard InChI is InChI=1S/C13H23NO4/c1-3-12(15)8-6-5-7-11(14(17)18)9-10-13(16)4-2/h11H,3-10H2,1-2H3/t11-/m1/s1. The van der Waals surface area contributed by atoms with Gasteiger partial charge >= 0.3 is 0 Å². The first-order valence-electron chi connectivity index (χ1n) is 6.68. The van der Waals surface area contributed by atoms with Crippen LogP contribution in [-0.2, 0) is 9.59 Å². The summed E-state index contributed by atoms with van der Waals surface area (Å²) in [7, 11) is 0. The van der Waals surface area contributed by atoms with Gasteiger partial charge in [-0.2, -0.15) is 0 Å². The topological polar surface area (TPSA) is 77.3 Å². The van der Waals surface area contributed by atoms with Crippen LogP contribution in [-0.4, -0.2) is 22.5 Å². The van der Waals surface area contributed by atoms with Gasteiger partial charge in [-0.15, -0.1) is 0 Å². The molecule has 0 radical (unpaired) electrons. The van der Waals surface area contributed by atoms with Gasteiger partial charge in [-0.05, 0) is 12.8 Å². The highest BCUT2D eigenvalue weighted by Crippen LogP contribution is 2.13. The predicted octanol–water partition coefficient (Wildman–Crippen LogP) is 2.93. The minimum atomic E-state index is -0.641. The van der Waals surface area contributed by atoms with E-state index in [2.05, 4.69) is 0 Å². The molecule has 0 aliphatic heterocycles. The summed E-state index contributed by atoms with van der Waals surface area (Å²) in [5.41, 5.74) is 0. The second-order valence-electron chi connectivity index (χ2n) is 4.51. The Morgan fingerprint density at radius 3 is 2.06 bits per heavy atom. The summed E-state index contributed by atoms with van der Waals surface area (Å²) >= 11 is 0. The molecule has 5 nitrogen and oxygen atoms in total. The average Bonchev–Trinajstić information content (AvgIpc) is 2.36. The van der Waals surface area contributed by atoms with E-state index in [1.807, 2.05) is 6.92 Å². The molecule has 0 saturated carbocycles. The fraction of sp³-hybridized carbons (Fsp3) is 0.846. The van der Waals surface area contributed by atoms with Crippen molar-refractivity contribution < 1.29 is 14.5 Å². The number of carbonyl (C=O) groups is 2. The number of ketones is 2. The number of nitrogens with zero attached hydrogens (tertiary/aromatic N) is 1. The van der Waals surface area contributed by atoms with E-state index in [4.69, 9.17) is 0 Å². The third-order valence-corrected chi connectivity index (χ3v) is 3.09. The Bertz CT molecular complexity index is 289. The number of rotatable bonds is 11. The molecule has 0 spiro atoms. The number of hydrogen-bond donors (Lipinski definition) is 0. The molecule has 0 fully saturated rings. The third kappa shape index (κ3) is 7.92. The quantitative estimate of drug-likeness (QED) is 0.324. The van der Waals surface area contributed by atoms with Gasteiger partial charge in [0.1, 0.15) is 11.6 Å². The zero-order valence-corrected chi connectivity index (χ0v) is 11.3. The number of hydrogen-bond acceptors (Lipinski definition) is 4. The maximum absolute atomic E-state index is 11.1. The molecule has 0 N–H and O–H groups in total. The minimum absolute atomic E-state index is 0.0722. The lowest BCUT2D eigenvalue weighted by Gasteiger charge is -2.08. The van der Waals surface area contributed by atoms with Crippen LogP contribution in [0.3, 0.4) is 0 Å². The van der Waals surface area contributed by atoms with Gasteiger partial charge in [0.25, 0.3) is 0 Å². The lowest BCUT2D eigenvalue weighted by atomic mass is 10.0. The highest BCUT2D eigenvalue weighted by Gasteiger charge is 2.20. The molecule has 5 heteroatoms. The molecular formula is C13H23NO4. The van der Waals surface area contributed by atoms with Crippen molar-refractivity contribution in [3.63, 3.8) is 0 Å². The SMILES string of the molecule is CCC(=O)CCCC[C@H](CCC(=O)CC)[N+](=O)[O-]. The van der Waals surface area contributed by atoms with Crippen molar-refractivity contribution in [1.29, 1.82) is 0 Å². The largest absolute Gasteiger partial charge is 0.300 e. The van der Waals surface area contributed by atoms with Crippen LogP contribution < -0.4 is 0 Å². The summed E-state index contributed by atoms with van der Waals surface area (Å²) in [5, 5.41) is 10.8. The van der Waals surface area contributed by atoms with Crippen LogP contribution in [0.4, 0.5) is 0 Å². The minimum Gasteiger partial charge on any atom is -0.300 e. The molecule has 0 amide bonds. The van der Waals surface area contributed by atoms with E-state index in [-0.39, 0.29) is 22.9 Å². The van der Waals surface area contributed by atoms with Crippen molar-refractivity contribution in [2.75, 3.05) is 0 Å². The van der Waals surface area contributed by atoms with E-state index in [0.29, 0.717) is 44.9 Å². The molecule has 104 valence electrons. The Morgan fingerprint density at radius 2 is 1.56 bits per heavy atom. The Balaban J connectivity index is 3.87. The molecule has 18 heavy (non-hydrogen) atoms. The zero-order valence-electron chi connectivity index (χ0n) is 11.3. The third-order valence-electron chi connectivity index (χ3n) is 3.09. The van der Waals surface area contributed by atoms with Gasteiger partial charge in [-0.3, -0.25) is 19.7 Å². The Hall–Kier alpha value is -1.26. The summed E-state index contributed by atoms with van der Waals surface area (Å²) in [6.45, 7) is 3.58. The molecule has 0 rings (SSSR count). The summed E-state index contributed by atoms with van der Waals surface area (Å²) in [5.74, 6) is 0.275. The number of carbonyl (C=O) groups excluding carboxylic acids is 2. The van der Waals surface area contributed by atoms with E-state index >= 15 is 0 Å². The van der Waals surface area contributed by atoms with Crippen molar-refractivity contribution in [2.45, 2.75) is 71.3 Å². The summed E-state index contributed by atoms with van der Waals surface area (Å²) in [6, 6.07) is -0.641. The molecular weight excluding hydrogens is 234 g/mol. The van der Waals surface area contributed by atoms with Gasteiger partial charge in [0, 0.05) is 43.4 Å². The van der Waals surface area contributed by atoms with Crippen molar-refractivity contribution in [3.8, 4) is 0 Å². The van der Waals surface area contributed by atoms with E-state index < -0.39 is 6.04 Å². The molecule has 0 heterocycles. The molecule has 0 aromatic carbocycles. The van der Waals surface area contributed by atoms with Crippen LogP contribution in [0.25, 0.3) is 0 Å². The van der Waals surface area contributed by atoms with E-state index in [0.717, 1.165) is 0 Å². The van der Waals surface area contributed by atoms with Gasteiger partial charge in [0.05, 0.1) is 0 Å². The fourth-order valence-electron chi connectivity index (χ4n) is 1.74. The highest BCUT2D eigenvalue weighted by atomic mass is 16.6. The summed E-state index contributed by atoms with van der Waals surface area (Å²) < 4.78 is 0.